The lowest BCUT2D eigenvalue weighted by molar-refractivity contribution is 0.547. The van der Waals surface area contributed by atoms with Gasteiger partial charge in [0.05, 0.1) is 18.5 Å². The lowest BCUT2D eigenvalue weighted by Gasteiger charge is -2.04. The molecule has 1 unspecified atom stereocenters. The first kappa shape index (κ1) is 19.0. The quantitative estimate of drug-likeness (QED) is 0.400. The van der Waals surface area contributed by atoms with E-state index in [0.29, 0.717) is 22.3 Å². The first-order chi connectivity index (χ1) is 14.0. The highest BCUT2D eigenvalue weighted by Crippen LogP contribution is 2.25. The zero-order valence-electron chi connectivity index (χ0n) is 14.9. The minimum atomic E-state index is -2.21. The molecule has 4 aromatic rings. The number of pyridine rings is 1. The van der Waals surface area contributed by atoms with Gasteiger partial charge in [-0.2, -0.15) is 5.10 Å². The largest absolute Gasteiger partial charge is 0.382 e. The highest BCUT2D eigenvalue weighted by atomic mass is 32.2. The molecule has 0 saturated carbocycles. The highest BCUT2D eigenvalue weighted by molar-refractivity contribution is 7.77. The van der Waals surface area contributed by atoms with E-state index in [1.54, 1.807) is 41.2 Å². The van der Waals surface area contributed by atoms with Crippen LogP contribution in [0.4, 0.5) is 10.2 Å². The maximum absolute atomic E-state index is 14.1. The summed E-state index contributed by atoms with van der Waals surface area (Å²) in [6.07, 6.45) is 1.61. The van der Waals surface area contributed by atoms with Gasteiger partial charge < -0.3 is 5.73 Å². The number of nitrogens with one attached hydrogen (secondary N) is 1. The smallest absolute Gasteiger partial charge is 0.232 e. The molecular weight excluding hydrogens is 399 g/mol. The van der Waals surface area contributed by atoms with Gasteiger partial charge in [-0.25, -0.2) is 28.0 Å². The molecular formula is C17H15FN8O2S. The number of nitrogen functional groups attached to an aromatic ring is 1. The van der Waals surface area contributed by atoms with E-state index in [1.807, 2.05) is 0 Å². The van der Waals surface area contributed by atoms with Crippen LogP contribution in [0.3, 0.4) is 0 Å². The average Bonchev–Trinajstić information content (AvgIpc) is 3.07. The Kier molecular flexibility index (Phi) is 5.20. The van der Waals surface area contributed by atoms with Crippen LogP contribution < -0.4 is 10.5 Å². The number of nitrogens with two attached hydrogens (primary N) is 1. The summed E-state index contributed by atoms with van der Waals surface area (Å²) < 4.78 is 37.4. The van der Waals surface area contributed by atoms with Gasteiger partial charge in [0.2, 0.25) is 17.1 Å². The maximum Gasteiger partial charge on any atom is 0.232 e. The molecule has 0 amide bonds. The van der Waals surface area contributed by atoms with Crippen molar-refractivity contribution in [2.24, 2.45) is 0 Å². The molecule has 4 rings (SSSR count). The van der Waals surface area contributed by atoms with E-state index in [1.165, 1.54) is 6.07 Å². The third-order valence-corrected chi connectivity index (χ3v) is 4.54. The summed E-state index contributed by atoms with van der Waals surface area (Å²) in [6, 6.07) is 9.97. The summed E-state index contributed by atoms with van der Waals surface area (Å²) in [6.45, 7) is 0.104. The van der Waals surface area contributed by atoms with Crippen molar-refractivity contribution >= 4 is 28.1 Å². The fourth-order valence-electron chi connectivity index (χ4n) is 2.79. The number of nitrogens with zero attached hydrogens (tertiary/aromatic N) is 6. The highest BCUT2D eigenvalue weighted by Gasteiger charge is 2.18. The van der Waals surface area contributed by atoms with E-state index in [-0.39, 0.29) is 36.2 Å². The second-order valence-electron chi connectivity index (χ2n) is 6.01. The summed E-state index contributed by atoms with van der Waals surface area (Å²) in [5.74, 6) is -0.121. The summed E-state index contributed by atoms with van der Waals surface area (Å²) in [5, 5.41) is 13.2. The molecule has 0 saturated heterocycles. The molecule has 10 nitrogen and oxygen atoms in total. The molecule has 0 aliphatic carbocycles. The Labute approximate surface area is 166 Å². The monoisotopic (exact) mass is 414 g/mol. The number of rotatable bonds is 6. The van der Waals surface area contributed by atoms with E-state index >= 15 is 0 Å². The van der Waals surface area contributed by atoms with E-state index in [0.717, 1.165) is 0 Å². The number of fused-ring (bicyclic) bond motifs is 1. The predicted octanol–water partition coefficient (Wildman–Crippen LogP) is 1.28. The Bertz CT molecular complexity index is 1220. The molecule has 148 valence electrons. The number of halogens is 1. The molecule has 0 fully saturated rings. The van der Waals surface area contributed by atoms with Gasteiger partial charge in [-0.3, -0.25) is 4.55 Å². The Hall–Kier alpha value is -3.35. The molecule has 4 N–H and O–H groups in total. The van der Waals surface area contributed by atoms with Gasteiger partial charge >= 0.3 is 0 Å². The number of benzene rings is 1. The number of hydrogen-bond acceptors (Lipinski definition) is 7. The second-order valence-corrected chi connectivity index (χ2v) is 6.80. The van der Waals surface area contributed by atoms with Crippen molar-refractivity contribution in [2.45, 2.75) is 13.1 Å². The van der Waals surface area contributed by atoms with Crippen LogP contribution in [0, 0.1) is 5.82 Å². The number of aromatic nitrogens is 6. The zero-order chi connectivity index (χ0) is 20.4. The van der Waals surface area contributed by atoms with Crippen molar-refractivity contribution in [1.29, 1.82) is 0 Å². The van der Waals surface area contributed by atoms with Gasteiger partial charge in [-0.15, -0.1) is 10.2 Å². The third kappa shape index (κ3) is 3.94. The van der Waals surface area contributed by atoms with Crippen LogP contribution in [0.25, 0.3) is 22.6 Å². The molecule has 1 aromatic carbocycles. The molecule has 1 atom stereocenters. The van der Waals surface area contributed by atoms with Crippen molar-refractivity contribution in [3.05, 3.63) is 59.7 Å². The van der Waals surface area contributed by atoms with Gasteiger partial charge in [0.25, 0.3) is 0 Å². The summed E-state index contributed by atoms with van der Waals surface area (Å²) in [7, 11) is 0. The summed E-state index contributed by atoms with van der Waals surface area (Å²) >= 11 is -2.21. The van der Waals surface area contributed by atoms with Crippen LogP contribution >= 0.6 is 0 Å². The Morgan fingerprint density at radius 2 is 2.03 bits per heavy atom. The van der Waals surface area contributed by atoms with Crippen molar-refractivity contribution in [2.75, 3.05) is 5.73 Å². The fourth-order valence-corrected chi connectivity index (χ4v) is 3.05. The van der Waals surface area contributed by atoms with E-state index in [2.05, 4.69) is 30.0 Å². The topological polar surface area (TPSA) is 145 Å². The first-order valence-corrected chi connectivity index (χ1v) is 9.52. The first-order valence-electron chi connectivity index (χ1n) is 8.41. The van der Waals surface area contributed by atoms with Crippen molar-refractivity contribution in [3.63, 3.8) is 0 Å². The van der Waals surface area contributed by atoms with Gasteiger partial charge in [0, 0.05) is 11.8 Å². The normalized spacial score (nSPS) is 12.3. The van der Waals surface area contributed by atoms with Crippen LogP contribution in [0.2, 0.25) is 0 Å². The minimum absolute atomic E-state index is 0.0497. The van der Waals surface area contributed by atoms with Gasteiger partial charge in [-0.1, -0.05) is 18.2 Å². The standard InChI is InChI=1S/C17H15FN8O2S/c18-12-6-2-1-4-10(12)9-26-17-11(5-3-7-20-17)14(25-26)16-22-15(19)13(23-24-16)8-21-29(27)28/h1-7,21H,8-9H2,(H,27,28)(H2,19,22,24). The SMILES string of the molecule is Nc1nc(-c2nn(Cc3ccccc3F)c3ncccc23)nnc1CNS(=O)O. The molecule has 0 aliphatic heterocycles. The minimum Gasteiger partial charge on any atom is -0.382 e. The summed E-state index contributed by atoms with van der Waals surface area (Å²) in [4.78, 5) is 8.56. The van der Waals surface area contributed by atoms with Crippen molar-refractivity contribution < 1.29 is 13.2 Å². The average molecular weight is 414 g/mol. The Morgan fingerprint density at radius 3 is 2.79 bits per heavy atom. The molecule has 0 bridgehead atoms. The van der Waals surface area contributed by atoms with Crippen molar-refractivity contribution in [1.82, 2.24) is 34.7 Å². The predicted molar refractivity (Wildman–Crippen MR) is 104 cm³/mol. The fraction of sp³-hybridized carbons (Fsp3) is 0.118. The van der Waals surface area contributed by atoms with Crippen LogP contribution in [0.15, 0.2) is 42.6 Å². The third-order valence-electron chi connectivity index (χ3n) is 4.15. The molecule has 3 heterocycles. The molecule has 3 aromatic heterocycles. The molecule has 29 heavy (non-hydrogen) atoms. The lowest BCUT2D eigenvalue weighted by atomic mass is 10.2. The molecule has 12 heteroatoms. The molecule has 0 aliphatic rings. The molecule has 0 spiro atoms. The number of hydrogen-bond donors (Lipinski definition) is 3. The lowest BCUT2D eigenvalue weighted by Crippen LogP contribution is -2.18. The van der Waals surface area contributed by atoms with Gasteiger partial charge in [0.15, 0.2) is 11.5 Å². The van der Waals surface area contributed by atoms with Crippen molar-refractivity contribution in [3.8, 4) is 11.5 Å². The van der Waals surface area contributed by atoms with E-state index < -0.39 is 11.3 Å². The van der Waals surface area contributed by atoms with E-state index in [9.17, 15) is 8.60 Å². The second kappa shape index (κ2) is 7.95. The number of anilines is 1. The maximum atomic E-state index is 14.1. The zero-order valence-corrected chi connectivity index (χ0v) is 15.7. The van der Waals surface area contributed by atoms with Gasteiger partial charge in [-0.05, 0) is 18.2 Å². The van der Waals surface area contributed by atoms with Crippen LogP contribution in [0.5, 0.6) is 0 Å². The van der Waals surface area contributed by atoms with Crippen LogP contribution in [0.1, 0.15) is 11.3 Å². The molecule has 0 radical (unpaired) electrons. The van der Waals surface area contributed by atoms with Crippen LogP contribution in [-0.2, 0) is 24.4 Å². The van der Waals surface area contributed by atoms with Gasteiger partial charge in [0.1, 0.15) is 17.2 Å². The Morgan fingerprint density at radius 1 is 1.21 bits per heavy atom. The van der Waals surface area contributed by atoms with Crippen LogP contribution in [-0.4, -0.2) is 38.7 Å². The summed E-state index contributed by atoms with van der Waals surface area (Å²) in [5.41, 5.74) is 7.53. The van der Waals surface area contributed by atoms with E-state index in [4.69, 9.17) is 10.3 Å². The Balaban J connectivity index is 1.74.